The molecule has 0 aromatic carbocycles. The zero-order valence-corrected chi connectivity index (χ0v) is 7.92. The van der Waals surface area contributed by atoms with Crippen molar-refractivity contribution in [2.24, 2.45) is 11.8 Å². The maximum atomic E-state index is 11.3. The zero-order chi connectivity index (χ0) is 8.89. The van der Waals surface area contributed by atoms with E-state index in [-0.39, 0.29) is 11.6 Å². The Labute approximate surface area is 78.6 Å². The molecule has 2 nitrogen and oxygen atoms in total. The van der Waals surface area contributed by atoms with E-state index < -0.39 is 0 Å². The Balaban J connectivity index is 1.84. The minimum Gasteiger partial charge on any atom is -0.459 e. The zero-order valence-electron chi connectivity index (χ0n) is 7.92. The topological polar surface area (TPSA) is 26.3 Å². The number of hydrogen-bond acceptors (Lipinski definition) is 2. The Morgan fingerprint density at radius 1 is 1.38 bits per heavy atom. The summed E-state index contributed by atoms with van der Waals surface area (Å²) in [5.74, 6) is 1.64. The molecular formula is C11H16O2. The first-order valence-electron chi connectivity index (χ1n) is 5.50. The quantitative estimate of drug-likeness (QED) is 0.534. The summed E-state index contributed by atoms with van der Waals surface area (Å²) in [6.45, 7) is 0. The smallest absolute Gasteiger partial charge is 0.306 e. The number of esters is 1. The molecule has 72 valence electrons. The number of fused-ring (bicyclic) bond motifs is 3. The summed E-state index contributed by atoms with van der Waals surface area (Å²) in [4.78, 5) is 11.3. The average molecular weight is 180 g/mol. The lowest BCUT2D eigenvalue weighted by Crippen LogP contribution is -2.43. The normalized spacial score (nSPS) is 48.5. The first-order valence-corrected chi connectivity index (χ1v) is 5.50. The fourth-order valence-corrected chi connectivity index (χ4v) is 3.69. The van der Waals surface area contributed by atoms with E-state index in [1.807, 2.05) is 0 Å². The maximum Gasteiger partial charge on any atom is 0.306 e. The van der Waals surface area contributed by atoms with E-state index >= 15 is 0 Å². The van der Waals surface area contributed by atoms with Crippen molar-refractivity contribution < 1.29 is 9.53 Å². The van der Waals surface area contributed by atoms with E-state index in [1.54, 1.807) is 0 Å². The number of carbonyl (C=O) groups excluding carboxylic acids is 1. The van der Waals surface area contributed by atoms with Gasteiger partial charge in [-0.05, 0) is 50.4 Å². The van der Waals surface area contributed by atoms with Gasteiger partial charge in [0.1, 0.15) is 5.60 Å². The number of rotatable bonds is 0. The molecule has 2 heteroatoms. The molecule has 3 atom stereocenters. The molecule has 2 saturated carbocycles. The molecule has 0 amide bonds. The van der Waals surface area contributed by atoms with E-state index in [0.717, 1.165) is 18.8 Å². The van der Waals surface area contributed by atoms with Crippen LogP contribution in [0.3, 0.4) is 0 Å². The van der Waals surface area contributed by atoms with Crippen LogP contribution in [0, 0.1) is 11.8 Å². The third kappa shape index (κ3) is 1.04. The molecule has 0 N–H and O–H groups in total. The first kappa shape index (κ1) is 7.84. The lowest BCUT2D eigenvalue weighted by Gasteiger charge is -2.40. The van der Waals surface area contributed by atoms with Crippen LogP contribution in [0.1, 0.15) is 44.9 Å². The van der Waals surface area contributed by atoms with Gasteiger partial charge in [-0.15, -0.1) is 0 Å². The van der Waals surface area contributed by atoms with Gasteiger partial charge >= 0.3 is 5.97 Å². The summed E-state index contributed by atoms with van der Waals surface area (Å²) in [6, 6.07) is 0. The van der Waals surface area contributed by atoms with Crippen LogP contribution in [-0.4, -0.2) is 11.6 Å². The van der Waals surface area contributed by atoms with E-state index in [0.29, 0.717) is 12.3 Å². The summed E-state index contributed by atoms with van der Waals surface area (Å²) < 4.78 is 5.63. The summed E-state index contributed by atoms with van der Waals surface area (Å²) >= 11 is 0. The number of ether oxygens (including phenoxy) is 1. The molecule has 1 aliphatic heterocycles. The van der Waals surface area contributed by atoms with Crippen molar-refractivity contribution in [1.29, 1.82) is 0 Å². The summed E-state index contributed by atoms with van der Waals surface area (Å²) in [6.07, 6.45) is 8.03. The van der Waals surface area contributed by atoms with Gasteiger partial charge in [-0.3, -0.25) is 4.79 Å². The van der Waals surface area contributed by atoms with Gasteiger partial charge in [0.2, 0.25) is 0 Å². The minimum atomic E-state index is 0.0122. The first-order chi connectivity index (χ1) is 6.28. The van der Waals surface area contributed by atoms with Gasteiger partial charge in [0.05, 0.1) is 0 Å². The second kappa shape index (κ2) is 2.49. The van der Waals surface area contributed by atoms with Crippen LogP contribution in [0.2, 0.25) is 0 Å². The standard InChI is InChI=1S/C11H16O2/c12-10-2-1-5-11(13-10)7-8-3-4-9(11)6-8/h8-9H,1-7H2. The number of hydrogen-bond donors (Lipinski definition) is 0. The highest BCUT2D eigenvalue weighted by atomic mass is 16.6. The van der Waals surface area contributed by atoms with Gasteiger partial charge in [-0.1, -0.05) is 0 Å². The predicted octanol–water partition coefficient (Wildman–Crippen LogP) is 2.27. The molecule has 13 heavy (non-hydrogen) atoms. The average Bonchev–Trinajstić information content (AvgIpc) is 2.63. The number of carbonyl (C=O) groups is 1. The van der Waals surface area contributed by atoms with Gasteiger partial charge in [-0.2, -0.15) is 0 Å². The molecule has 3 rings (SSSR count). The lowest BCUT2D eigenvalue weighted by molar-refractivity contribution is -0.174. The largest absolute Gasteiger partial charge is 0.459 e. The van der Waals surface area contributed by atoms with E-state index in [9.17, 15) is 4.79 Å². The van der Waals surface area contributed by atoms with Crippen molar-refractivity contribution in [3.8, 4) is 0 Å². The molecule has 0 aromatic rings. The third-order valence-corrected chi connectivity index (χ3v) is 4.22. The molecule has 2 bridgehead atoms. The van der Waals surface area contributed by atoms with Crippen LogP contribution in [0.5, 0.6) is 0 Å². The fraction of sp³-hybridized carbons (Fsp3) is 0.909. The maximum absolute atomic E-state index is 11.3. The van der Waals surface area contributed by atoms with Crippen molar-refractivity contribution in [3.05, 3.63) is 0 Å². The van der Waals surface area contributed by atoms with Gasteiger partial charge < -0.3 is 4.74 Å². The fourth-order valence-electron chi connectivity index (χ4n) is 3.69. The van der Waals surface area contributed by atoms with E-state index in [2.05, 4.69) is 0 Å². The molecule has 0 radical (unpaired) electrons. The SMILES string of the molecule is O=C1CCCC2(CC3CCC2C3)O1. The highest BCUT2D eigenvalue weighted by molar-refractivity contribution is 5.70. The predicted molar refractivity (Wildman–Crippen MR) is 48.1 cm³/mol. The van der Waals surface area contributed by atoms with Crippen molar-refractivity contribution in [1.82, 2.24) is 0 Å². The van der Waals surface area contributed by atoms with Gasteiger partial charge in [0, 0.05) is 6.42 Å². The van der Waals surface area contributed by atoms with E-state index in [1.165, 1.54) is 25.7 Å². The van der Waals surface area contributed by atoms with Gasteiger partial charge in [-0.25, -0.2) is 0 Å². The molecule has 0 aromatic heterocycles. The molecule has 3 aliphatic rings. The Hall–Kier alpha value is -0.530. The van der Waals surface area contributed by atoms with Gasteiger partial charge in [0.25, 0.3) is 0 Å². The van der Waals surface area contributed by atoms with Crippen molar-refractivity contribution >= 4 is 5.97 Å². The van der Waals surface area contributed by atoms with Gasteiger partial charge in [0.15, 0.2) is 0 Å². The molecular weight excluding hydrogens is 164 g/mol. The Morgan fingerprint density at radius 2 is 2.31 bits per heavy atom. The van der Waals surface area contributed by atoms with Crippen LogP contribution in [0.4, 0.5) is 0 Å². The Bertz CT molecular complexity index is 248. The van der Waals surface area contributed by atoms with Crippen molar-refractivity contribution in [3.63, 3.8) is 0 Å². The second-order valence-corrected chi connectivity index (χ2v) is 4.97. The second-order valence-electron chi connectivity index (χ2n) is 4.97. The Morgan fingerprint density at radius 3 is 2.92 bits per heavy atom. The van der Waals surface area contributed by atoms with Crippen LogP contribution < -0.4 is 0 Å². The Kier molecular flexibility index (Phi) is 1.50. The van der Waals surface area contributed by atoms with Crippen LogP contribution >= 0.6 is 0 Å². The molecule has 2 aliphatic carbocycles. The van der Waals surface area contributed by atoms with Crippen LogP contribution in [-0.2, 0) is 9.53 Å². The summed E-state index contributed by atoms with van der Waals surface area (Å²) in [7, 11) is 0. The van der Waals surface area contributed by atoms with Crippen LogP contribution in [0.25, 0.3) is 0 Å². The van der Waals surface area contributed by atoms with Crippen molar-refractivity contribution in [2.45, 2.75) is 50.5 Å². The molecule has 1 heterocycles. The molecule has 1 saturated heterocycles. The lowest BCUT2D eigenvalue weighted by atomic mass is 9.79. The monoisotopic (exact) mass is 180 g/mol. The highest BCUT2D eigenvalue weighted by Gasteiger charge is 2.54. The molecule has 3 fully saturated rings. The summed E-state index contributed by atoms with van der Waals surface area (Å²) in [5, 5.41) is 0. The van der Waals surface area contributed by atoms with Crippen molar-refractivity contribution in [2.75, 3.05) is 0 Å². The summed E-state index contributed by atoms with van der Waals surface area (Å²) in [5.41, 5.74) is 0.0122. The van der Waals surface area contributed by atoms with E-state index in [4.69, 9.17) is 4.74 Å². The van der Waals surface area contributed by atoms with Crippen LogP contribution in [0.15, 0.2) is 0 Å². The highest BCUT2D eigenvalue weighted by Crippen LogP contribution is 2.55. The molecule has 3 unspecified atom stereocenters. The molecule has 1 spiro atoms. The third-order valence-electron chi connectivity index (χ3n) is 4.22. The minimum absolute atomic E-state index is 0.0122.